The molecule has 6 nitrogen and oxygen atoms in total. The fourth-order valence-electron chi connectivity index (χ4n) is 1.67. The third-order valence-electron chi connectivity index (χ3n) is 2.78. The van der Waals surface area contributed by atoms with Gasteiger partial charge in [0, 0.05) is 23.4 Å². The number of sulfonamides is 1. The summed E-state index contributed by atoms with van der Waals surface area (Å²) in [7, 11) is -2.21. The van der Waals surface area contributed by atoms with Crippen LogP contribution in [0.3, 0.4) is 0 Å². The third-order valence-corrected chi connectivity index (χ3v) is 4.38. The molecule has 0 aliphatic rings. The van der Waals surface area contributed by atoms with Crippen LogP contribution in [0.4, 0.5) is 16.2 Å². The van der Waals surface area contributed by atoms with Gasteiger partial charge < -0.3 is 10.6 Å². The standard InChI is InChI=1S/C14H14ClN3O3S/c1-16-11-6-8-13(9-7-11)22(20,21)18-14(19)17-12-4-2-10(15)3-5-12/h2-9,16H,1H3,(H2,17,18,19). The summed E-state index contributed by atoms with van der Waals surface area (Å²) >= 11 is 5.73. The summed E-state index contributed by atoms with van der Waals surface area (Å²) in [4.78, 5) is 11.8. The first-order valence-electron chi connectivity index (χ1n) is 6.28. The van der Waals surface area contributed by atoms with Crippen LogP contribution in [0, 0.1) is 0 Å². The Labute approximate surface area is 133 Å². The van der Waals surface area contributed by atoms with E-state index in [9.17, 15) is 13.2 Å². The summed E-state index contributed by atoms with van der Waals surface area (Å²) in [6.45, 7) is 0. The van der Waals surface area contributed by atoms with Gasteiger partial charge in [-0.1, -0.05) is 11.6 Å². The maximum atomic E-state index is 12.1. The van der Waals surface area contributed by atoms with E-state index in [4.69, 9.17) is 11.6 Å². The van der Waals surface area contributed by atoms with Crippen LogP contribution in [0.15, 0.2) is 53.4 Å². The van der Waals surface area contributed by atoms with Crippen LogP contribution in [-0.2, 0) is 10.0 Å². The first-order valence-corrected chi connectivity index (χ1v) is 8.14. The predicted molar refractivity (Wildman–Crippen MR) is 86.8 cm³/mol. The number of hydrogen-bond acceptors (Lipinski definition) is 4. The molecular weight excluding hydrogens is 326 g/mol. The van der Waals surface area contributed by atoms with E-state index in [-0.39, 0.29) is 4.90 Å². The van der Waals surface area contributed by atoms with Crippen molar-refractivity contribution in [3.05, 3.63) is 53.6 Å². The first-order chi connectivity index (χ1) is 10.4. The van der Waals surface area contributed by atoms with Gasteiger partial charge in [-0.2, -0.15) is 0 Å². The second-order valence-electron chi connectivity index (χ2n) is 4.34. The number of benzene rings is 2. The van der Waals surface area contributed by atoms with Crippen molar-refractivity contribution in [2.75, 3.05) is 17.7 Å². The summed E-state index contributed by atoms with van der Waals surface area (Å²) in [5.41, 5.74) is 1.20. The molecule has 0 spiro atoms. The van der Waals surface area contributed by atoms with Gasteiger partial charge in [-0.3, -0.25) is 0 Å². The van der Waals surface area contributed by atoms with Gasteiger partial charge in [0.25, 0.3) is 10.0 Å². The second kappa shape index (κ2) is 6.67. The Balaban J connectivity index is 2.07. The SMILES string of the molecule is CNc1ccc(S(=O)(=O)NC(=O)Nc2ccc(Cl)cc2)cc1. The molecule has 8 heteroatoms. The predicted octanol–water partition coefficient (Wildman–Crippen LogP) is 2.89. The smallest absolute Gasteiger partial charge is 0.333 e. The van der Waals surface area contributed by atoms with E-state index in [2.05, 4.69) is 10.6 Å². The summed E-state index contributed by atoms with van der Waals surface area (Å²) < 4.78 is 26.1. The number of halogens is 1. The number of carbonyl (C=O) groups excluding carboxylic acids is 1. The van der Waals surface area contributed by atoms with Gasteiger partial charge in [0.05, 0.1) is 4.90 Å². The molecule has 0 heterocycles. The van der Waals surface area contributed by atoms with Gasteiger partial charge in [-0.05, 0) is 48.5 Å². The molecule has 0 atom stereocenters. The molecule has 2 rings (SSSR count). The maximum absolute atomic E-state index is 12.1. The largest absolute Gasteiger partial charge is 0.388 e. The van der Waals surface area contributed by atoms with Crippen molar-refractivity contribution in [3.8, 4) is 0 Å². The second-order valence-corrected chi connectivity index (χ2v) is 6.46. The molecule has 22 heavy (non-hydrogen) atoms. The monoisotopic (exact) mass is 339 g/mol. The van der Waals surface area contributed by atoms with Gasteiger partial charge in [0.1, 0.15) is 0 Å². The van der Waals surface area contributed by atoms with Crippen molar-refractivity contribution >= 4 is 39.0 Å². The average molecular weight is 340 g/mol. The topological polar surface area (TPSA) is 87.3 Å². The lowest BCUT2D eigenvalue weighted by Gasteiger charge is -2.09. The quantitative estimate of drug-likeness (QED) is 0.799. The lowest BCUT2D eigenvalue weighted by Crippen LogP contribution is -2.34. The highest BCUT2D eigenvalue weighted by Gasteiger charge is 2.17. The molecular formula is C14H14ClN3O3S. The van der Waals surface area contributed by atoms with Crippen molar-refractivity contribution in [3.63, 3.8) is 0 Å². The molecule has 0 saturated heterocycles. The molecule has 0 radical (unpaired) electrons. The zero-order valence-electron chi connectivity index (χ0n) is 11.6. The van der Waals surface area contributed by atoms with Crippen LogP contribution >= 0.6 is 11.6 Å². The summed E-state index contributed by atoms with van der Waals surface area (Å²) in [6.07, 6.45) is 0. The molecule has 3 N–H and O–H groups in total. The molecule has 116 valence electrons. The van der Waals surface area contributed by atoms with Gasteiger partial charge in [-0.25, -0.2) is 17.9 Å². The highest BCUT2D eigenvalue weighted by atomic mass is 35.5. The summed E-state index contributed by atoms with van der Waals surface area (Å²) in [5.74, 6) is 0. The number of amides is 2. The Morgan fingerprint density at radius 2 is 1.50 bits per heavy atom. The van der Waals surface area contributed by atoms with Crippen molar-refractivity contribution in [2.24, 2.45) is 0 Å². The van der Waals surface area contributed by atoms with E-state index in [1.165, 1.54) is 12.1 Å². The lowest BCUT2D eigenvalue weighted by atomic mass is 10.3. The van der Waals surface area contributed by atoms with Gasteiger partial charge in [0.15, 0.2) is 0 Å². The molecule has 0 saturated carbocycles. The van der Waals surface area contributed by atoms with Crippen LogP contribution in [0.1, 0.15) is 0 Å². The van der Waals surface area contributed by atoms with E-state index < -0.39 is 16.1 Å². The van der Waals surface area contributed by atoms with Gasteiger partial charge in [0.2, 0.25) is 0 Å². The van der Waals surface area contributed by atoms with Crippen LogP contribution in [0.25, 0.3) is 0 Å². The van der Waals surface area contributed by atoms with Gasteiger partial charge >= 0.3 is 6.03 Å². The minimum atomic E-state index is -3.93. The molecule has 0 aliphatic carbocycles. The number of nitrogens with one attached hydrogen (secondary N) is 3. The fourth-order valence-corrected chi connectivity index (χ4v) is 2.70. The van der Waals surface area contributed by atoms with E-state index in [1.54, 1.807) is 43.4 Å². The Hall–Kier alpha value is -2.25. The summed E-state index contributed by atoms with van der Waals surface area (Å²) in [6, 6.07) is 11.5. The highest BCUT2D eigenvalue weighted by molar-refractivity contribution is 7.90. The fraction of sp³-hybridized carbons (Fsp3) is 0.0714. The van der Waals surface area contributed by atoms with Gasteiger partial charge in [-0.15, -0.1) is 0 Å². The molecule has 2 aromatic carbocycles. The Kier molecular flexibility index (Phi) is 4.89. The molecule has 2 aromatic rings. The molecule has 0 aromatic heterocycles. The third kappa shape index (κ3) is 4.12. The van der Waals surface area contributed by atoms with E-state index in [1.807, 2.05) is 4.72 Å². The molecule has 0 fully saturated rings. The number of carbonyl (C=O) groups is 1. The zero-order chi connectivity index (χ0) is 16.2. The number of anilines is 2. The Morgan fingerprint density at radius 1 is 0.955 bits per heavy atom. The Morgan fingerprint density at radius 3 is 2.05 bits per heavy atom. The molecule has 2 amide bonds. The molecule has 0 aliphatic heterocycles. The van der Waals surface area contributed by atoms with Crippen LogP contribution in [-0.4, -0.2) is 21.5 Å². The van der Waals surface area contributed by atoms with Crippen molar-refractivity contribution in [1.29, 1.82) is 0 Å². The van der Waals surface area contributed by atoms with E-state index >= 15 is 0 Å². The van der Waals surface area contributed by atoms with Crippen LogP contribution in [0.5, 0.6) is 0 Å². The van der Waals surface area contributed by atoms with Crippen molar-refractivity contribution in [2.45, 2.75) is 4.90 Å². The highest BCUT2D eigenvalue weighted by Crippen LogP contribution is 2.15. The van der Waals surface area contributed by atoms with Crippen molar-refractivity contribution < 1.29 is 13.2 Å². The number of urea groups is 1. The van der Waals surface area contributed by atoms with E-state index in [0.717, 1.165) is 5.69 Å². The molecule has 0 bridgehead atoms. The lowest BCUT2D eigenvalue weighted by molar-refractivity contribution is 0.256. The first kappa shape index (κ1) is 16.1. The zero-order valence-corrected chi connectivity index (χ0v) is 13.2. The van der Waals surface area contributed by atoms with E-state index in [0.29, 0.717) is 10.7 Å². The van der Waals surface area contributed by atoms with Crippen LogP contribution < -0.4 is 15.4 Å². The maximum Gasteiger partial charge on any atom is 0.333 e. The average Bonchev–Trinajstić information content (AvgIpc) is 2.49. The minimum Gasteiger partial charge on any atom is -0.388 e. The van der Waals surface area contributed by atoms with Crippen molar-refractivity contribution in [1.82, 2.24) is 4.72 Å². The Bertz CT molecular complexity index is 759. The normalized spacial score (nSPS) is 10.8. The van der Waals surface area contributed by atoms with Crippen LogP contribution in [0.2, 0.25) is 5.02 Å². The summed E-state index contributed by atoms with van der Waals surface area (Å²) in [5, 5.41) is 5.81. The minimum absolute atomic E-state index is 0.00208. The molecule has 0 unspecified atom stereocenters. The number of hydrogen-bond donors (Lipinski definition) is 3. The number of rotatable bonds is 4.